The molecule has 1 fully saturated rings. The lowest BCUT2D eigenvalue weighted by Gasteiger charge is -2.32. The molecule has 1 aliphatic heterocycles. The summed E-state index contributed by atoms with van der Waals surface area (Å²) in [5.74, 6) is -0.762. The van der Waals surface area contributed by atoms with E-state index in [1.165, 1.54) is 4.90 Å². The smallest absolute Gasteiger partial charge is 0.317 e. The molecule has 1 unspecified atom stereocenters. The Morgan fingerprint density at radius 3 is 2.46 bits per heavy atom. The number of carboxylic acids is 1. The Balaban J connectivity index is 2.02. The van der Waals surface area contributed by atoms with Gasteiger partial charge in [-0.15, -0.1) is 0 Å². The van der Waals surface area contributed by atoms with E-state index in [4.69, 9.17) is 9.84 Å². The fraction of sp³-hybridized carbons (Fsp3) is 0.550. The molecule has 0 bridgehead atoms. The molecule has 3 amide bonds. The number of hydrogen-bond donors (Lipinski definition) is 2. The second-order valence-corrected chi connectivity index (χ2v) is 7.12. The summed E-state index contributed by atoms with van der Waals surface area (Å²) in [6, 6.07) is 6.87. The van der Waals surface area contributed by atoms with Gasteiger partial charge in [-0.25, -0.2) is 4.79 Å². The Hall–Kier alpha value is -2.77. The molecule has 1 aromatic carbocycles. The van der Waals surface area contributed by atoms with Crippen LogP contribution in [-0.4, -0.2) is 66.6 Å². The van der Waals surface area contributed by atoms with Crippen molar-refractivity contribution in [3.8, 4) is 5.75 Å². The van der Waals surface area contributed by atoms with Gasteiger partial charge in [-0.2, -0.15) is 0 Å². The van der Waals surface area contributed by atoms with E-state index in [2.05, 4.69) is 5.32 Å². The maximum Gasteiger partial charge on any atom is 0.317 e. The minimum atomic E-state index is -0.801. The van der Waals surface area contributed by atoms with E-state index in [0.29, 0.717) is 38.1 Å². The topological polar surface area (TPSA) is 99.2 Å². The number of aliphatic carboxylic acids is 1. The van der Waals surface area contributed by atoms with Gasteiger partial charge in [0.2, 0.25) is 0 Å². The number of urea groups is 1. The molecule has 0 radical (unpaired) electrons. The molecule has 8 heteroatoms. The molecule has 154 valence electrons. The average Bonchev–Trinajstić information content (AvgIpc) is 2.70. The van der Waals surface area contributed by atoms with Crippen LogP contribution < -0.4 is 10.1 Å². The van der Waals surface area contributed by atoms with Crippen molar-refractivity contribution >= 4 is 17.9 Å². The molecule has 1 saturated heterocycles. The summed E-state index contributed by atoms with van der Waals surface area (Å²) in [5, 5.41) is 12.1. The average molecular weight is 391 g/mol. The van der Waals surface area contributed by atoms with Crippen molar-refractivity contribution in [1.82, 2.24) is 15.1 Å². The molecular formula is C20H29N3O5. The Bertz CT molecular complexity index is 699. The number of likely N-dealkylation sites (tertiary alicyclic amines) is 1. The molecular weight excluding hydrogens is 362 g/mol. The van der Waals surface area contributed by atoms with Gasteiger partial charge in [0.1, 0.15) is 5.75 Å². The van der Waals surface area contributed by atoms with Crippen molar-refractivity contribution in [3.05, 3.63) is 29.8 Å². The number of amides is 3. The second kappa shape index (κ2) is 9.96. The number of para-hydroxylation sites is 1. The summed E-state index contributed by atoms with van der Waals surface area (Å²) in [7, 11) is 3.33. The van der Waals surface area contributed by atoms with Crippen molar-refractivity contribution < 1.29 is 24.2 Å². The number of carbonyl (C=O) groups excluding carboxylic acids is 2. The van der Waals surface area contributed by atoms with Crippen LogP contribution in [0.1, 0.15) is 37.8 Å². The molecule has 1 aromatic rings. The number of hydrogen-bond acceptors (Lipinski definition) is 4. The van der Waals surface area contributed by atoms with Gasteiger partial charge in [-0.3, -0.25) is 9.59 Å². The fourth-order valence-electron chi connectivity index (χ4n) is 3.14. The van der Waals surface area contributed by atoms with Crippen molar-refractivity contribution in [2.45, 2.75) is 32.2 Å². The quantitative estimate of drug-likeness (QED) is 0.742. The number of piperidine rings is 1. The summed E-state index contributed by atoms with van der Waals surface area (Å²) < 4.78 is 5.69. The van der Waals surface area contributed by atoms with Gasteiger partial charge >= 0.3 is 12.0 Å². The van der Waals surface area contributed by atoms with Crippen LogP contribution in [0.25, 0.3) is 0 Å². The van der Waals surface area contributed by atoms with E-state index in [1.807, 2.05) is 25.1 Å². The largest absolute Gasteiger partial charge is 0.483 e. The summed E-state index contributed by atoms with van der Waals surface area (Å²) in [4.78, 5) is 38.6. The van der Waals surface area contributed by atoms with Crippen LogP contribution in [0.5, 0.6) is 5.75 Å². The van der Waals surface area contributed by atoms with Crippen molar-refractivity contribution in [3.63, 3.8) is 0 Å². The van der Waals surface area contributed by atoms with Crippen LogP contribution in [0.3, 0.4) is 0 Å². The second-order valence-electron chi connectivity index (χ2n) is 7.12. The number of nitrogens with one attached hydrogen (secondary N) is 1. The Labute approximate surface area is 165 Å². The van der Waals surface area contributed by atoms with Gasteiger partial charge in [0.05, 0.1) is 12.0 Å². The van der Waals surface area contributed by atoms with Gasteiger partial charge in [0.15, 0.2) is 6.61 Å². The van der Waals surface area contributed by atoms with Crippen LogP contribution in [-0.2, 0) is 9.59 Å². The SMILES string of the molecule is CCC(NC(=O)N1CCC(C(=O)O)CC1)c1ccccc1OCC(=O)N(C)C. The standard InChI is InChI=1S/C20H29N3O5/c1-4-16(21-20(27)23-11-9-14(10-12-23)19(25)26)15-7-5-6-8-17(15)28-13-18(24)22(2)3/h5-8,14,16H,4,9-13H2,1-3H3,(H,21,27)(H,25,26). The third kappa shape index (κ3) is 5.61. The lowest BCUT2D eigenvalue weighted by atomic mass is 9.97. The van der Waals surface area contributed by atoms with E-state index in [1.54, 1.807) is 25.1 Å². The zero-order valence-corrected chi connectivity index (χ0v) is 16.7. The normalized spacial score (nSPS) is 15.6. The van der Waals surface area contributed by atoms with E-state index in [-0.39, 0.29) is 30.5 Å². The Kier molecular flexibility index (Phi) is 7.66. The number of carboxylic acid groups (broad SMARTS) is 1. The van der Waals surface area contributed by atoms with Gasteiger partial charge in [0, 0.05) is 32.7 Å². The highest BCUT2D eigenvalue weighted by Gasteiger charge is 2.28. The molecule has 1 aliphatic rings. The summed E-state index contributed by atoms with van der Waals surface area (Å²) in [5.41, 5.74) is 0.810. The van der Waals surface area contributed by atoms with Gasteiger partial charge in [-0.05, 0) is 25.3 Å². The first kappa shape index (κ1) is 21.5. The first-order valence-corrected chi connectivity index (χ1v) is 9.53. The van der Waals surface area contributed by atoms with Crippen LogP contribution in [0, 0.1) is 5.92 Å². The van der Waals surface area contributed by atoms with Crippen molar-refractivity contribution in [2.24, 2.45) is 5.92 Å². The maximum atomic E-state index is 12.6. The van der Waals surface area contributed by atoms with E-state index < -0.39 is 5.97 Å². The van der Waals surface area contributed by atoms with Crippen molar-refractivity contribution in [2.75, 3.05) is 33.8 Å². The predicted octanol–water partition coefficient (Wildman–Crippen LogP) is 2.11. The lowest BCUT2D eigenvalue weighted by molar-refractivity contribution is -0.143. The van der Waals surface area contributed by atoms with E-state index >= 15 is 0 Å². The molecule has 2 rings (SSSR count). The molecule has 0 aromatic heterocycles. The zero-order valence-electron chi connectivity index (χ0n) is 16.7. The van der Waals surface area contributed by atoms with Gasteiger partial charge in [0.25, 0.3) is 5.91 Å². The minimum absolute atomic E-state index is 0.0723. The van der Waals surface area contributed by atoms with Gasteiger partial charge < -0.3 is 25.0 Å². The fourth-order valence-corrected chi connectivity index (χ4v) is 3.14. The minimum Gasteiger partial charge on any atom is -0.483 e. The van der Waals surface area contributed by atoms with Crippen LogP contribution in [0.15, 0.2) is 24.3 Å². The maximum absolute atomic E-state index is 12.6. The predicted molar refractivity (Wildman–Crippen MR) is 104 cm³/mol. The molecule has 1 heterocycles. The summed E-state index contributed by atoms with van der Waals surface area (Å²) in [6.07, 6.45) is 1.58. The molecule has 0 saturated carbocycles. The van der Waals surface area contributed by atoms with E-state index in [9.17, 15) is 14.4 Å². The molecule has 2 N–H and O–H groups in total. The highest BCUT2D eigenvalue weighted by Crippen LogP contribution is 2.28. The third-order valence-electron chi connectivity index (χ3n) is 4.98. The lowest BCUT2D eigenvalue weighted by Crippen LogP contribution is -2.46. The molecule has 28 heavy (non-hydrogen) atoms. The molecule has 0 aliphatic carbocycles. The number of benzene rings is 1. The van der Waals surface area contributed by atoms with Crippen LogP contribution >= 0.6 is 0 Å². The molecule has 8 nitrogen and oxygen atoms in total. The van der Waals surface area contributed by atoms with Crippen LogP contribution in [0.4, 0.5) is 4.79 Å². The van der Waals surface area contributed by atoms with Gasteiger partial charge in [-0.1, -0.05) is 25.1 Å². The monoisotopic (exact) mass is 391 g/mol. The number of ether oxygens (including phenoxy) is 1. The van der Waals surface area contributed by atoms with Crippen LogP contribution in [0.2, 0.25) is 0 Å². The highest BCUT2D eigenvalue weighted by molar-refractivity contribution is 5.77. The number of carbonyl (C=O) groups is 3. The zero-order chi connectivity index (χ0) is 20.7. The first-order chi connectivity index (χ1) is 13.3. The number of nitrogens with zero attached hydrogens (tertiary/aromatic N) is 2. The molecule has 0 spiro atoms. The van der Waals surface area contributed by atoms with E-state index in [0.717, 1.165) is 5.56 Å². The number of rotatable bonds is 7. The van der Waals surface area contributed by atoms with Crippen molar-refractivity contribution in [1.29, 1.82) is 0 Å². The highest BCUT2D eigenvalue weighted by atomic mass is 16.5. The Morgan fingerprint density at radius 2 is 1.89 bits per heavy atom. The first-order valence-electron chi connectivity index (χ1n) is 9.53. The Morgan fingerprint density at radius 1 is 1.25 bits per heavy atom. The molecule has 1 atom stereocenters. The number of likely N-dealkylation sites (N-methyl/N-ethyl adjacent to an activating group) is 1. The third-order valence-corrected chi connectivity index (χ3v) is 4.98. The summed E-state index contributed by atoms with van der Waals surface area (Å²) >= 11 is 0. The summed E-state index contributed by atoms with van der Waals surface area (Å²) in [6.45, 7) is 2.74.